The first kappa shape index (κ1) is 14.2. The van der Waals surface area contributed by atoms with Crippen LogP contribution in [0.1, 0.15) is 22.8 Å². The van der Waals surface area contributed by atoms with Gasteiger partial charge in [-0.1, -0.05) is 12.1 Å². The van der Waals surface area contributed by atoms with Crippen molar-refractivity contribution in [3.8, 4) is 0 Å². The molecule has 1 atom stereocenters. The molecule has 98 valence electrons. The zero-order valence-corrected chi connectivity index (χ0v) is 10.5. The third kappa shape index (κ3) is 4.55. The molecule has 1 aromatic carbocycles. The lowest BCUT2D eigenvalue weighted by Gasteiger charge is -2.10. The standard InChI is InChI=1S/C13H17NO4/c1-9(18-2)8-14-12(15)7-10-4-3-5-11(6-10)13(16)17/h3-6,9H,7-8H2,1-2H3,(H,14,15)(H,16,17). The Morgan fingerprint density at radius 1 is 1.44 bits per heavy atom. The van der Waals surface area contributed by atoms with Gasteiger partial charge in [0.1, 0.15) is 0 Å². The van der Waals surface area contributed by atoms with Crippen molar-refractivity contribution in [3.05, 3.63) is 35.4 Å². The third-order valence-electron chi connectivity index (χ3n) is 2.53. The Bertz CT molecular complexity index is 431. The van der Waals surface area contributed by atoms with E-state index in [0.717, 1.165) is 0 Å². The highest BCUT2D eigenvalue weighted by molar-refractivity contribution is 5.88. The molecule has 1 aromatic rings. The van der Waals surface area contributed by atoms with Crippen molar-refractivity contribution in [3.63, 3.8) is 0 Å². The molecule has 1 amide bonds. The summed E-state index contributed by atoms with van der Waals surface area (Å²) in [5, 5.41) is 11.6. The van der Waals surface area contributed by atoms with Gasteiger partial charge in [0, 0.05) is 13.7 Å². The quantitative estimate of drug-likeness (QED) is 0.793. The number of carboxylic acids is 1. The maximum Gasteiger partial charge on any atom is 0.335 e. The molecule has 5 nitrogen and oxygen atoms in total. The summed E-state index contributed by atoms with van der Waals surface area (Å²) in [4.78, 5) is 22.4. The van der Waals surface area contributed by atoms with Crippen LogP contribution >= 0.6 is 0 Å². The largest absolute Gasteiger partial charge is 0.478 e. The molecule has 0 saturated carbocycles. The number of carboxylic acid groups (broad SMARTS) is 1. The minimum Gasteiger partial charge on any atom is -0.478 e. The number of carbonyl (C=O) groups is 2. The first-order valence-corrected chi connectivity index (χ1v) is 5.64. The van der Waals surface area contributed by atoms with Crippen LogP contribution in [0.2, 0.25) is 0 Å². The number of methoxy groups -OCH3 is 1. The number of ether oxygens (including phenoxy) is 1. The third-order valence-corrected chi connectivity index (χ3v) is 2.53. The van der Waals surface area contributed by atoms with Crippen molar-refractivity contribution in [1.82, 2.24) is 5.32 Å². The number of benzene rings is 1. The summed E-state index contributed by atoms with van der Waals surface area (Å²) in [6, 6.07) is 6.36. The molecule has 1 unspecified atom stereocenters. The second-order valence-corrected chi connectivity index (χ2v) is 4.03. The van der Waals surface area contributed by atoms with Crippen molar-refractivity contribution in [1.29, 1.82) is 0 Å². The van der Waals surface area contributed by atoms with Gasteiger partial charge in [0.25, 0.3) is 0 Å². The molecule has 0 saturated heterocycles. The van der Waals surface area contributed by atoms with Gasteiger partial charge in [-0.25, -0.2) is 4.79 Å². The normalized spacial score (nSPS) is 11.9. The molecule has 0 bridgehead atoms. The fraction of sp³-hybridized carbons (Fsp3) is 0.385. The molecule has 2 N–H and O–H groups in total. The number of hydrogen-bond acceptors (Lipinski definition) is 3. The molecule has 0 aliphatic rings. The van der Waals surface area contributed by atoms with E-state index in [1.54, 1.807) is 19.2 Å². The molecule has 0 aliphatic heterocycles. The molecular weight excluding hydrogens is 234 g/mol. The predicted octanol–water partition coefficient (Wildman–Crippen LogP) is 1.08. The summed E-state index contributed by atoms with van der Waals surface area (Å²) in [5.74, 6) is -1.15. The topological polar surface area (TPSA) is 75.6 Å². The molecule has 0 spiro atoms. The Hall–Kier alpha value is -1.88. The Morgan fingerprint density at radius 2 is 2.17 bits per heavy atom. The minimum absolute atomic E-state index is 0.0423. The van der Waals surface area contributed by atoms with E-state index < -0.39 is 5.97 Å². The number of nitrogens with one attached hydrogen (secondary N) is 1. The van der Waals surface area contributed by atoms with E-state index in [1.165, 1.54) is 12.1 Å². The summed E-state index contributed by atoms with van der Waals surface area (Å²) in [5.41, 5.74) is 0.864. The van der Waals surface area contributed by atoms with Gasteiger partial charge in [0.2, 0.25) is 5.91 Å². The van der Waals surface area contributed by atoms with E-state index in [4.69, 9.17) is 9.84 Å². The molecule has 0 heterocycles. The van der Waals surface area contributed by atoms with E-state index in [0.29, 0.717) is 12.1 Å². The lowest BCUT2D eigenvalue weighted by Crippen LogP contribution is -2.32. The predicted molar refractivity (Wildman–Crippen MR) is 66.6 cm³/mol. The van der Waals surface area contributed by atoms with E-state index in [9.17, 15) is 9.59 Å². The Kier molecular flexibility index (Phi) is 5.32. The molecule has 0 fully saturated rings. The van der Waals surface area contributed by atoms with E-state index in [2.05, 4.69) is 5.32 Å². The van der Waals surface area contributed by atoms with Crippen molar-refractivity contribution in [2.75, 3.05) is 13.7 Å². The van der Waals surface area contributed by atoms with Gasteiger partial charge in [-0.15, -0.1) is 0 Å². The highest BCUT2D eigenvalue weighted by Gasteiger charge is 2.08. The molecular formula is C13H17NO4. The van der Waals surface area contributed by atoms with Crippen molar-refractivity contribution in [2.45, 2.75) is 19.4 Å². The lowest BCUT2D eigenvalue weighted by molar-refractivity contribution is -0.120. The van der Waals surface area contributed by atoms with Crippen molar-refractivity contribution in [2.24, 2.45) is 0 Å². The first-order chi connectivity index (χ1) is 8.52. The highest BCUT2D eigenvalue weighted by Crippen LogP contribution is 2.06. The molecule has 5 heteroatoms. The van der Waals surface area contributed by atoms with Gasteiger partial charge < -0.3 is 15.2 Å². The SMILES string of the molecule is COC(C)CNC(=O)Cc1cccc(C(=O)O)c1. The number of carbonyl (C=O) groups excluding carboxylic acids is 1. The summed E-state index contributed by atoms with van der Waals surface area (Å²) < 4.78 is 5.01. The Balaban J connectivity index is 2.54. The van der Waals surface area contributed by atoms with Gasteiger partial charge in [0.05, 0.1) is 18.1 Å². The summed E-state index contributed by atoms with van der Waals surface area (Å²) in [7, 11) is 1.58. The van der Waals surface area contributed by atoms with Crippen LogP contribution in [-0.2, 0) is 16.0 Å². The lowest BCUT2D eigenvalue weighted by atomic mass is 10.1. The van der Waals surface area contributed by atoms with E-state index in [1.807, 2.05) is 6.92 Å². The van der Waals surface area contributed by atoms with Crippen molar-refractivity contribution < 1.29 is 19.4 Å². The van der Waals surface area contributed by atoms with Crippen LogP contribution in [0.3, 0.4) is 0 Å². The van der Waals surface area contributed by atoms with Gasteiger partial charge in [-0.3, -0.25) is 4.79 Å². The molecule has 0 radical (unpaired) electrons. The Morgan fingerprint density at radius 3 is 2.78 bits per heavy atom. The van der Waals surface area contributed by atoms with Crippen LogP contribution in [0.15, 0.2) is 24.3 Å². The second-order valence-electron chi connectivity index (χ2n) is 4.03. The molecule has 0 aliphatic carbocycles. The van der Waals surface area contributed by atoms with Crippen LogP contribution < -0.4 is 5.32 Å². The average Bonchev–Trinajstić information content (AvgIpc) is 2.36. The van der Waals surface area contributed by atoms with Crippen LogP contribution in [0.4, 0.5) is 0 Å². The van der Waals surface area contributed by atoms with Crippen molar-refractivity contribution >= 4 is 11.9 Å². The maximum absolute atomic E-state index is 11.6. The fourth-order valence-electron chi connectivity index (χ4n) is 1.40. The van der Waals surface area contributed by atoms with Crippen LogP contribution in [0.25, 0.3) is 0 Å². The molecule has 18 heavy (non-hydrogen) atoms. The van der Waals surface area contributed by atoms with Crippen LogP contribution in [0.5, 0.6) is 0 Å². The molecule has 0 aromatic heterocycles. The zero-order chi connectivity index (χ0) is 13.5. The summed E-state index contributed by atoms with van der Waals surface area (Å²) >= 11 is 0. The maximum atomic E-state index is 11.6. The summed E-state index contributed by atoms with van der Waals surface area (Å²) in [6.07, 6.45) is 0.122. The first-order valence-electron chi connectivity index (χ1n) is 5.64. The van der Waals surface area contributed by atoms with Gasteiger partial charge in [-0.05, 0) is 24.6 Å². The Labute approximate surface area is 106 Å². The van der Waals surface area contributed by atoms with E-state index in [-0.39, 0.29) is 24.0 Å². The number of hydrogen-bond donors (Lipinski definition) is 2. The summed E-state index contributed by atoms with van der Waals surface area (Å²) in [6.45, 7) is 2.29. The monoisotopic (exact) mass is 251 g/mol. The zero-order valence-electron chi connectivity index (χ0n) is 10.5. The van der Waals surface area contributed by atoms with Gasteiger partial charge in [0.15, 0.2) is 0 Å². The highest BCUT2D eigenvalue weighted by atomic mass is 16.5. The average molecular weight is 251 g/mol. The van der Waals surface area contributed by atoms with Crippen LogP contribution in [-0.4, -0.2) is 36.7 Å². The smallest absolute Gasteiger partial charge is 0.335 e. The number of amides is 1. The van der Waals surface area contributed by atoms with Crippen LogP contribution in [0, 0.1) is 0 Å². The second kappa shape index (κ2) is 6.76. The van der Waals surface area contributed by atoms with Gasteiger partial charge >= 0.3 is 5.97 Å². The number of aromatic carboxylic acids is 1. The fourth-order valence-corrected chi connectivity index (χ4v) is 1.40. The van der Waals surface area contributed by atoms with E-state index >= 15 is 0 Å². The molecule has 1 rings (SSSR count). The minimum atomic E-state index is -0.995. The number of rotatable bonds is 6. The van der Waals surface area contributed by atoms with Gasteiger partial charge in [-0.2, -0.15) is 0 Å².